The van der Waals surface area contributed by atoms with Crippen molar-refractivity contribution in [2.24, 2.45) is 5.73 Å². The topological polar surface area (TPSA) is 58.4 Å². The summed E-state index contributed by atoms with van der Waals surface area (Å²) < 4.78 is 0. The molecule has 4 nitrogen and oxygen atoms in total. The standard InChI is InChI=1S/C14H21N3OS2/c1-17(9-10-20-2)8-7-13(18)16-12-5-3-11(4-6-12)14(15)19/h3-6H,7-10H2,1-2H3,(H2,15,19)(H,16,18). The van der Waals surface area contributed by atoms with E-state index in [1.165, 1.54) is 0 Å². The molecule has 0 unspecified atom stereocenters. The quantitative estimate of drug-likeness (QED) is 0.719. The molecular weight excluding hydrogens is 290 g/mol. The molecule has 3 N–H and O–H groups in total. The number of hydrogen-bond acceptors (Lipinski definition) is 4. The number of amides is 1. The second kappa shape index (κ2) is 8.94. The van der Waals surface area contributed by atoms with E-state index in [1.807, 2.05) is 43.1 Å². The summed E-state index contributed by atoms with van der Waals surface area (Å²) in [6.45, 7) is 1.76. The van der Waals surface area contributed by atoms with Gasteiger partial charge in [-0.05, 0) is 37.6 Å². The van der Waals surface area contributed by atoms with Crippen molar-refractivity contribution in [3.8, 4) is 0 Å². The highest BCUT2D eigenvalue weighted by molar-refractivity contribution is 7.98. The third kappa shape index (κ3) is 6.36. The molecule has 1 aromatic rings. The molecule has 0 bridgehead atoms. The summed E-state index contributed by atoms with van der Waals surface area (Å²) in [5, 5.41) is 2.86. The van der Waals surface area contributed by atoms with Crippen LogP contribution in [0.15, 0.2) is 24.3 Å². The number of hydrogen-bond donors (Lipinski definition) is 2. The maximum Gasteiger partial charge on any atom is 0.225 e. The van der Waals surface area contributed by atoms with E-state index in [1.54, 1.807) is 0 Å². The second-order valence-corrected chi connectivity index (χ2v) is 5.96. The van der Waals surface area contributed by atoms with Crippen LogP contribution < -0.4 is 11.1 Å². The van der Waals surface area contributed by atoms with E-state index in [0.717, 1.165) is 30.1 Å². The second-order valence-electron chi connectivity index (χ2n) is 4.54. The van der Waals surface area contributed by atoms with Gasteiger partial charge in [-0.3, -0.25) is 4.79 Å². The summed E-state index contributed by atoms with van der Waals surface area (Å²) in [4.78, 5) is 14.3. The van der Waals surface area contributed by atoms with Gasteiger partial charge in [-0.1, -0.05) is 12.2 Å². The Balaban J connectivity index is 2.36. The number of nitrogens with zero attached hydrogens (tertiary/aromatic N) is 1. The van der Waals surface area contributed by atoms with Crippen LogP contribution >= 0.6 is 24.0 Å². The molecule has 0 heterocycles. The lowest BCUT2D eigenvalue weighted by Crippen LogP contribution is -2.26. The molecule has 1 amide bonds. The van der Waals surface area contributed by atoms with Crippen molar-refractivity contribution in [2.45, 2.75) is 6.42 Å². The molecule has 0 spiro atoms. The average Bonchev–Trinajstić information content (AvgIpc) is 2.43. The van der Waals surface area contributed by atoms with Gasteiger partial charge in [0.1, 0.15) is 4.99 Å². The molecule has 0 radical (unpaired) electrons. The van der Waals surface area contributed by atoms with Crippen LogP contribution in [-0.2, 0) is 4.79 Å². The number of nitrogens with one attached hydrogen (secondary N) is 1. The minimum absolute atomic E-state index is 0.0177. The van der Waals surface area contributed by atoms with Crippen molar-refractivity contribution in [3.63, 3.8) is 0 Å². The summed E-state index contributed by atoms with van der Waals surface area (Å²) in [7, 11) is 2.03. The average molecular weight is 311 g/mol. The maximum absolute atomic E-state index is 11.8. The fourth-order valence-electron chi connectivity index (χ4n) is 1.59. The van der Waals surface area contributed by atoms with Crippen LogP contribution in [0.4, 0.5) is 5.69 Å². The zero-order chi connectivity index (χ0) is 15.0. The smallest absolute Gasteiger partial charge is 0.225 e. The number of carbonyl (C=O) groups excluding carboxylic acids is 1. The van der Waals surface area contributed by atoms with Gasteiger partial charge >= 0.3 is 0 Å². The van der Waals surface area contributed by atoms with E-state index in [0.29, 0.717) is 11.4 Å². The zero-order valence-corrected chi connectivity index (χ0v) is 13.5. The van der Waals surface area contributed by atoms with Gasteiger partial charge in [0.2, 0.25) is 5.91 Å². The van der Waals surface area contributed by atoms with Crippen molar-refractivity contribution in [2.75, 3.05) is 37.5 Å². The Labute approximate surface area is 130 Å². The predicted molar refractivity (Wildman–Crippen MR) is 91.5 cm³/mol. The number of thioether (sulfide) groups is 1. The first-order valence-corrected chi connectivity index (χ1v) is 8.20. The normalized spacial score (nSPS) is 10.6. The number of nitrogens with two attached hydrogens (primary N) is 1. The van der Waals surface area contributed by atoms with Crippen LogP contribution in [0.1, 0.15) is 12.0 Å². The molecule has 0 aromatic heterocycles. The number of thiocarbonyl (C=S) groups is 1. The highest BCUT2D eigenvalue weighted by atomic mass is 32.2. The predicted octanol–water partition coefficient (Wildman–Crippen LogP) is 1.94. The van der Waals surface area contributed by atoms with Crippen molar-refractivity contribution in [3.05, 3.63) is 29.8 Å². The summed E-state index contributed by atoms with van der Waals surface area (Å²) in [6, 6.07) is 7.23. The first-order chi connectivity index (χ1) is 9.52. The summed E-state index contributed by atoms with van der Waals surface area (Å²) in [5.74, 6) is 1.10. The Bertz CT molecular complexity index is 448. The zero-order valence-electron chi connectivity index (χ0n) is 11.9. The van der Waals surface area contributed by atoms with Gasteiger partial charge in [-0.2, -0.15) is 11.8 Å². The lowest BCUT2D eigenvalue weighted by molar-refractivity contribution is -0.116. The fourth-order valence-corrected chi connectivity index (χ4v) is 2.22. The highest BCUT2D eigenvalue weighted by Gasteiger charge is 2.05. The van der Waals surface area contributed by atoms with Gasteiger partial charge < -0.3 is 16.0 Å². The lowest BCUT2D eigenvalue weighted by Gasteiger charge is -2.15. The molecule has 1 rings (SSSR count). The van der Waals surface area contributed by atoms with Gasteiger partial charge in [-0.15, -0.1) is 0 Å². The third-order valence-electron chi connectivity index (χ3n) is 2.85. The summed E-state index contributed by atoms with van der Waals surface area (Å²) in [5.41, 5.74) is 7.09. The maximum atomic E-state index is 11.8. The summed E-state index contributed by atoms with van der Waals surface area (Å²) in [6.07, 6.45) is 2.57. The van der Waals surface area contributed by atoms with E-state index in [9.17, 15) is 4.79 Å². The van der Waals surface area contributed by atoms with Crippen molar-refractivity contribution < 1.29 is 4.79 Å². The molecule has 6 heteroatoms. The van der Waals surface area contributed by atoms with Crippen LogP contribution in [0.25, 0.3) is 0 Å². The molecule has 110 valence electrons. The van der Waals surface area contributed by atoms with Crippen molar-refractivity contribution in [1.29, 1.82) is 0 Å². The minimum Gasteiger partial charge on any atom is -0.389 e. The Morgan fingerprint density at radius 3 is 2.55 bits per heavy atom. The first kappa shape index (κ1) is 16.9. The van der Waals surface area contributed by atoms with Crippen molar-refractivity contribution in [1.82, 2.24) is 4.90 Å². The van der Waals surface area contributed by atoms with E-state index in [-0.39, 0.29) is 5.91 Å². The van der Waals surface area contributed by atoms with Gasteiger partial charge in [0.05, 0.1) is 0 Å². The number of benzene rings is 1. The van der Waals surface area contributed by atoms with Crippen molar-refractivity contribution >= 4 is 40.6 Å². The Morgan fingerprint density at radius 2 is 2.00 bits per heavy atom. The van der Waals surface area contributed by atoms with Crippen LogP contribution in [0.2, 0.25) is 0 Å². The van der Waals surface area contributed by atoms with Crippen LogP contribution in [0.5, 0.6) is 0 Å². The van der Waals surface area contributed by atoms with Gasteiger partial charge in [0.25, 0.3) is 0 Å². The minimum atomic E-state index is 0.0177. The van der Waals surface area contributed by atoms with Gasteiger partial charge in [-0.25, -0.2) is 0 Å². The molecule has 1 aromatic carbocycles. The van der Waals surface area contributed by atoms with E-state index >= 15 is 0 Å². The lowest BCUT2D eigenvalue weighted by atomic mass is 10.2. The van der Waals surface area contributed by atoms with E-state index in [4.69, 9.17) is 18.0 Å². The first-order valence-electron chi connectivity index (χ1n) is 6.40. The molecule has 0 saturated carbocycles. The van der Waals surface area contributed by atoms with Crippen LogP contribution in [0.3, 0.4) is 0 Å². The highest BCUT2D eigenvalue weighted by Crippen LogP contribution is 2.10. The molecular formula is C14H21N3OS2. The van der Waals surface area contributed by atoms with Crippen LogP contribution in [-0.4, -0.2) is 47.9 Å². The van der Waals surface area contributed by atoms with E-state index in [2.05, 4.69) is 16.5 Å². The molecule has 20 heavy (non-hydrogen) atoms. The number of rotatable bonds is 8. The van der Waals surface area contributed by atoms with Gasteiger partial charge in [0, 0.05) is 36.5 Å². The molecule has 0 saturated heterocycles. The Kier molecular flexibility index (Phi) is 7.58. The third-order valence-corrected chi connectivity index (χ3v) is 3.68. The summed E-state index contributed by atoms with van der Waals surface area (Å²) >= 11 is 6.69. The fraction of sp³-hybridized carbons (Fsp3) is 0.429. The van der Waals surface area contributed by atoms with Gasteiger partial charge in [0.15, 0.2) is 0 Å². The van der Waals surface area contributed by atoms with Crippen LogP contribution in [0, 0.1) is 0 Å². The molecule has 0 aliphatic rings. The molecule has 0 aliphatic carbocycles. The Morgan fingerprint density at radius 1 is 1.35 bits per heavy atom. The monoisotopic (exact) mass is 311 g/mol. The van der Waals surface area contributed by atoms with E-state index < -0.39 is 0 Å². The molecule has 0 fully saturated rings. The molecule has 0 aliphatic heterocycles. The number of anilines is 1. The molecule has 0 atom stereocenters. The SMILES string of the molecule is CSCCN(C)CCC(=O)Nc1ccc(C(N)=S)cc1. The number of carbonyl (C=O) groups is 1. The largest absolute Gasteiger partial charge is 0.389 e. The Hall–Kier alpha value is -1.11.